The molecule has 0 bridgehead atoms. The lowest BCUT2D eigenvalue weighted by Crippen LogP contribution is -2.30. The number of nitrogen functional groups attached to an aromatic ring is 1. The molecule has 1 aromatic carbocycles. The number of nitrogens with two attached hydrogens (primary N) is 1. The quantitative estimate of drug-likeness (QED) is 0.853. The van der Waals surface area contributed by atoms with Gasteiger partial charge in [0.05, 0.1) is 6.04 Å². The van der Waals surface area contributed by atoms with E-state index in [1.165, 1.54) is 4.88 Å². The molecule has 98 valence electrons. The van der Waals surface area contributed by atoms with Gasteiger partial charge in [-0.15, -0.1) is 11.3 Å². The number of anilines is 1. The van der Waals surface area contributed by atoms with E-state index in [2.05, 4.69) is 11.4 Å². The summed E-state index contributed by atoms with van der Waals surface area (Å²) in [6.45, 7) is 0.839. The molecule has 3 nitrogen and oxygen atoms in total. The Bertz CT molecular complexity index is 562. The Morgan fingerprint density at radius 2 is 2.05 bits per heavy atom. The van der Waals surface area contributed by atoms with Crippen molar-refractivity contribution in [2.75, 3.05) is 12.3 Å². The molecule has 4 heteroatoms. The molecular formula is C15H16N2OS. The first-order valence-electron chi connectivity index (χ1n) is 6.45. The average Bonchev–Trinajstić information content (AvgIpc) is 3.09. The van der Waals surface area contributed by atoms with Crippen LogP contribution in [0.2, 0.25) is 0 Å². The first kappa shape index (κ1) is 12.2. The topological polar surface area (TPSA) is 46.3 Å². The van der Waals surface area contributed by atoms with Crippen LogP contribution in [0.5, 0.6) is 0 Å². The molecule has 19 heavy (non-hydrogen) atoms. The van der Waals surface area contributed by atoms with Crippen molar-refractivity contribution in [1.82, 2.24) is 4.90 Å². The Morgan fingerprint density at radius 3 is 2.74 bits per heavy atom. The van der Waals surface area contributed by atoms with Gasteiger partial charge in [-0.1, -0.05) is 6.07 Å². The molecule has 0 aliphatic carbocycles. The highest BCUT2D eigenvalue weighted by Gasteiger charge is 2.30. The molecule has 2 heterocycles. The van der Waals surface area contributed by atoms with E-state index in [1.807, 2.05) is 23.1 Å². The number of benzene rings is 1. The summed E-state index contributed by atoms with van der Waals surface area (Å²) in [6.07, 6.45) is 2.13. The summed E-state index contributed by atoms with van der Waals surface area (Å²) in [7, 11) is 0. The summed E-state index contributed by atoms with van der Waals surface area (Å²) in [5.41, 5.74) is 7.07. The Morgan fingerprint density at radius 1 is 1.26 bits per heavy atom. The van der Waals surface area contributed by atoms with Crippen LogP contribution in [0.25, 0.3) is 0 Å². The SMILES string of the molecule is Nc1ccc(C(=O)N2CCCC2c2cccs2)cc1. The number of amides is 1. The molecule has 0 saturated carbocycles. The minimum atomic E-state index is 0.107. The molecule has 2 aromatic rings. The van der Waals surface area contributed by atoms with Gasteiger partial charge in [0.25, 0.3) is 5.91 Å². The number of hydrogen-bond donors (Lipinski definition) is 1. The fourth-order valence-corrected chi connectivity index (χ4v) is 3.45. The van der Waals surface area contributed by atoms with Crippen molar-refractivity contribution in [2.45, 2.75) is 18.9 Å². The van der Waals surface area contributed by atoms with Gasteiger partial charge in [0.15, 0.2) is 0 Å². The zero-order valence-corrected chi connectivity index (χ0v) is 11.4. The number of rotatable bonds is 2. The van der Waals surface area contributed by atoms with Gasteiger partial charge in [-0.2, -0.15) is 0 Å². The number of carbonyl (C=O) groups is 1. The third-order valence-corrected chi connectivity index (χ3v) is 4.52. The van der Waals surface area contributed by atoms with Crippen LogP contribution in [0.3, 0.4) is 0 Å². The van der Waals surface area contributed by atoms with E-state index in [4.69, 9.17) is 5.73 Å². The van der Waals surface area contributed by atoms with Gasteiger partial charge in [-0.05, 0) is 48.6 Å². The molecule has 0 spiro atoms. The first-order chi connectivity index (χ1) is 9.25. The van der Waals surface area contributed by atoms with Crippen LogP contribution in [0, 0.1) is 0 Å². The second kappa shape index (κ2) is 5.05. The molecule has 1 amide bonds. The van der Waals surface area contributed by atoms with Crippen molar-refractivity contribution in [2.24, 2.45) is 0 Å². The lowest BCUT2D eigenvalue weighted by molar-refractivity contribution is 0.0738. The maximum atomic E-state index is 12.6. The maximum Gasteiger partial charge on any atom is 0.254 e. The van der Waals surface area contributed by atoms with Gasteiger partial charge in [-0.25, -0.2) is 0 Å². The van der Waals surface area contributed by atoms with Crippen LogP contribution < -0.4 is 5.73 Å². The van der Waals surface area contributed by atoms with Crippen molar-refractivity contribution in [1.29, 1.82) is 0 Å². The minimum Gasteiger partial charge on any atom is -0.399 e. The van der Waals surface area contributed by atoms with Crippen molar-refractivity contribution in [3.05, 3.63) is 52.2 Å². The molecule has 1 saturated heterocycles. The minimum absolute atomic E-state index is 0.107. The van der Waals surface area contributed by atoms with Gasteiger partial charge in [0.2, 0.25) is 0 Å². The highest BCUT2D eigenvalue weighted by atomic mass is 32.1. The van der Waals surface area contributed by atoms with Crippen LogP contribution in [-0.2, 0) is 0 Å². The molecule has 3 rings (SSSR count). The second-order valence-corrected chi connectivity index (χ2v) is 5.77. The average molecular weight is 272 g/mol. The van der Waals surface area contributed by atoms with E-state index < -0.39 is 0 Å². The van der Waals surface area contributed by atoms with Crippen molar-refractivity contribution in [3.63, 3.8) is 0 Å². The molecule has 1 aliphatic rings. The summed E-state index contributed by atoms with van der Waals surface area (Å²) in [5, 5.41) is 2.07. The predicted octanol–water partition coefficient (Wildman–Crippen LogP) is 3.31. The molecule has 1 aliphatic heterocycles. The lowest BCUT2D eigenvalue weighted by atomic mass is 10.1. The molecule has 1 aromatic heterocycles. The van der Waals surface area contributed by atoms with Gasteiger partial charge in [0, 0.05) is 22.7 Å². The third kappa shape index (κ3) is 2.36. The molecule has 0 radical (unpaired) electrons. The van der Waals surface area contributed by atoms with E-state index >= 15 is 0 Å². The van der Waals surface area contributed by atoms with Crippen molar-refractivity contribution >= 4 is 22.9 Å². The predicted molar refractivity (Wildman–Crippen MR) is 78.2 cm³/mol. The number of hydrogen-bond acceptors (Lipinski definition) is 3. The van der Waals surface area contributed by atoms with E-state index in [-0.39, 0.29) is 11.9 Å². The molecule has 1 unspecified atom stereocenters. The fourth-order valence-electron chi connectivity index (χ4n) is 2.58. The van der Waals surface area contributed by atoms with Crippen molar-refractivity contribution < 1.29 is 4.79 Å². The first-order valence-corrected chi connectivity index (χ1v) is 7.33. The number of nitrogens with zero attached hydrogens (tertiary/aromatic N) is 1. The van der Waals surface area contributed by atoms with Crippen LogP contribution in [-0.4, -0.2) is 17.4 Å². The van der Waals surface area contributed by atoms with Crippen molar-refractivity contribution in [3.8, 4) is 0 Å². The van der Waals surface area contributed by atoms with Gasteiger partial charge >= 0.3 is 0 Å². The maximum absolute atomic E-state index is 12.6. The third-order valence-electron chi connectivity index (χ3n) is 3.54. The smallest absolute Gasteiger partial charge is 0.254 e. The molecule has 2 N–H and O–H groups in total. The van der Waals surface area contributed by atoms with Gasteiger partial charge < -0.3 is 10.6 Å². The highest BCUT2D eigenvalue weighted by molar-refractivity contribution is 7.10. The summed E-state index contributed by atoms with van der Waals surface area (Å²) < 4.78 is 0. The highest BCUT2D eigenvalue weighted by Crippen LogP contribution is 2.35. The van der Waals surface area contributed by atoms with Crippen LogP contribution in [0.15, 0.2) is 41.8 Å². The Labute approximate surface area is 116 Å². The monoisotopic (exact) mass is 272 g/mol. The summed E-state index contributed by atoms with van der Waals surface area (Å²) in [5.74, 6) is 0.107. The van der Waals surface area contributed by atoms with Crippen LogP contribution >= 0.6 is 11.3 Å². The zero-order chi connectivity index (χ0) is 13.2. The van der Waals surface area contributed by atoms with E-state index in [0.717, 1.165) is 24.9 Å². The Kier molecular flexibility index (Phi) is 3.25. The fraction of sp³-hybridized carbons (Fsp3) is 0.267. The standard InChI is InChI=1S/C15H16N2OS/c16-12-7-5-11(6-8-12)15(18)17-9-1-3-13(17)14-4-2-10-19-14/h2,4-8,10,13H,1,3,9,16H2. The van der Waals surface area contributed by atoms with Gasteiger partial charge in [-0.3, -0.25) is 4.79 Å². The summed E-state index contributed by atoms with van der Waals surface area (Å²) in [6, 6.07) is 11.6. The number of likely N-dealkylation sites (tertiary alicyclic amines) is 1. The van der Waals surface area contributed by atoms with Crippen LogP contribution in [0.1, 0.15) is 34.1 Å². The molecule has 1 atom stereocenters. The number of carbonyl (C=O) groups excluding carboxylic acids is 1. The largest absolute Gasteiger partial charge is 0.399 e. The molecule has 1 fully saturated rings. The lowest BCUT2D eigenvalue weighted by Gasteiger charge is -2.24. The Hall–Kier alpha value is -1.81. The van der Waals surface area contributed by atoms with Gasteiger partial charge in [0.1, 0.15) is 0 Å². The van der Waals surface area contributed by atoms with E-state index in [0.29, 0.717) is 5.69 Å². The summed E-state index contributed by atoms with van der Waals surface area (Å²) in [4.78, 5) is 15.8. The normalized spacial score (nSPS) is 18.7. The second-order valence-electron chi connectivity index (χ2n) is 4.79. The van der Waals surface area contributed by atoms with E-state index in [9.17, 15) is 4.79 Å². The van der Waals surface area contributed by atoms with Crippen LogP contribution in [0.4, 0.5) is 5.69 Å². The van der Waals surface area contributed by atoms with E-state index in [1.54, 1.807) is 23.5 Å². The zero-order valence-electron chi connectivity index (χ0n) is 10.6. The number of thiophene rings is 1. The molecular weight excluding hydrogens is 256 g/mol. The Balaban J connectivity index is 1.84. The summed E-state index contributed by atoms with van der Waals surface area (Å²) >= 11 is 1.73.